The standard InChI is InChI=1S/C26H33NO2S/c1-25-14-12-20-23(30-24(27-20)16-5-3-4-6-21(16)28)19(25)8-7-15-17-9-10-22(29)26(17,2)13-11-18(15)25/h3-6,15,17-19,22,28-29H,7-14H2,1-2H3/t15-,17-,18-,19-,22-,25+,26-/m0/s1. The molecule has 30 heavy (non-hydrogen) atoms. The molecule has 3 saturated carbocycles. The number of aryl methyl sites for hydroxylation is 1. The van der Waals surface area contributed by atoms with E-state index < -0.39 is 0 Å². The molecule has 2 N–H and O–H groups in total. The van der Waals surface area contributed by atoms with Crippen molar-refractivity contribution >= 4 is 11.3 Å². The minimum Gasteiger partial charge on any atom is -0.507 e. The number of hydrogen-bond donors (Lipinski definition) is 2. The second-order valence-corrected chi connectivity index (χ2v) is 12.0. The first-order valence-corrected chi connectivity index (χ1v) is 12.7. The summed E-state index contributed by atoms with van der Waals surface area (Å²) in [5, 5.41) is 22.0. The molecule has 6 rings (SSSR count). The third-order valence-electron chi connectivity index (χ3n) is 9.90. The molecule has 0 unspecified atom stereocenters. The van der Waals surface area contributed by atoms with Gasteiger partial charge in [0.05, 0.1) is 17.4 Å². The molecule has 0 bridgehead atoms. The summed E-state index contributed by atoms with van der Waals surface area (Å²) in [6.07, 6.45) is 9.49. The number of phenolic OH excluding ortho intramolecular Hbond substituents is 1. The fourth-order valence-electron chi connectivity index (χ4n) is 8.19. The van der Waals surface area contributed by atoms with Gasteiger partial charge in [-0.25, -0.2) is 4.98 Å². The number of aromatic nitrogens is 1. The van der Waals surface area contributed by atoms with E-state index in [2.05, 4.69) is 13.8 Å². The zero-order valence-corrected chi connectivity index (χ0v) is 18.9. The number of phenols is 1. The maximum absolute atomic E-state index is 10.7. The molecule has 3 fully saturated rings. The third kappa shape index (κ3) is 2.50. The van der Waals surface area contributed by atoms with Gasteiger partial charge >= 0.3 is 0 Å². The number of rotatable bonds is 1. The van der Waals surface area contributed by atoms with E-state index >= 15 is 0 Å². The zero-order valence-electron chi connectivity index (χ0n) is 18.1. The largest absolute Gasteiger partial charge is 0.507 e. The Kier molecular flexibility index (Phi) is 4.22. The molecule has 1 aromatic carbocycles. The Morgan fingerprint density at radius 1 is 0.967 bits per heavy atom. The second kappa shape index (κ2) is 6.56. The molecule has 1 aromatic heterocycles. The van der Waals surface area contributed by atoms with Crippen molar-refractivity contribution in [2.24, 2.45) is 28.6 Å². The predicted octanol–water partition coefficient (Wildman–Crippen LogP) is 6.15. The predicted molar refractivity (Wildman–Crippen MR) is 121 cm³/mol. The van der Waals surface area contributed by atoms with E-state index in [1.807, 2.05) is 29.5 Å². The van der Waals surface area contributed by atoms with E-state index in [4.69, 9.17) is 4.98 Å². The second-order valence-electron chi connectivity index (χ2n) is 11.0. The average molecular weight is 424 g/mol. The number of thiazole rings is 1. The fourth-order valence-corrected chi connectivity index (χ4v) is 9.63. The van der Waals surface area contributed by atoms with Gasteiger partial charge in [0, 0.05) is 10.8 Å². The minimum absolute atomic E-state index is 0.0884. The highest BCUT2D eigenvalue weighted by molar-refractivity contribution is 7.15. The van der Waals surface area contributed by atoms with Crippen LogP contribution >= 0.6 is 11.3 Å². The molecule has 4 heteroatoms. The van der Waals surface area contributed by atoms with Gasteiger partial charge in [0.2, 0.25) is 0 Å². The van der Waals surface area contributed by atoms with Gasteiger partial charge in [-0.1, -0.05) is 26.0 Å². The first-order valence-electron chi connectivity index (χ1n) is 11.9. The van der Waals surface area contributed by atoms with Crippen molar-refractivity contribution in [2.75, 3.05) is 0 Å². The number of benzene rings is 1. The Morgan fingerprint density at radius 3 is 2.60 bits per heavy atom. The Morgan fingerprint density at radius 2 is 1.77 bits per heavy atom. The van der Waals surface area contributed by atoms with Gasteiger partial charge in [0.25, 0.3) is 0 Å². The van der Waals surface area contributed by atoms with Crippen LogP contribution in [0.15, 0.2) is 24.3 Å². The normalized spacial score (nSPS) is 42.2. The van der Waals surface area contributed by atoms with Crippen LogP contribution in [0.2, 0.25) is 0 Å². The first-order chi connectivity index (χ1) is 14.4. The summed E-state index contributed by atoms with van der Waals surface area (Å²) in [6.45, 7) is 4.95. The molecule has 0 amide bonds. The lowest BCUT2D eigenvalue weighted by atomic mass is 9.45. The Balaban J connectivity index is 1.35. The van der Waals surface area contributed by atoms with Crippen molar-refractivity contribution in [3.63, 3.8) is 0 Å². The molecule has 2 aromatic rings. The third-order valence-corrected chi connectivity index (χ3v) is 11.1. The van der Waals surface area contributed by atoms with E-state index in [1.165, 1.54) is 49.1 Å². The van der Waals surface area contributed by atoms with Gasteiger partial charge in [-0.05, 0) is 92.1 Å². The summed E-state index contributed by atoms with van der Waals surface area (Å²) in [5.74, 6) is 3.22. The molecule has 3 nitrogen and oxygen atoms in total. The Bertz CT molecular complexity index is 985. The molecule has 160 valence electrons. The van der Waals surface area contributed by atoms with Crippen molar-refractivity contribution in [3.8, 4) is 16.3 Å². The highest BCUT2D eigenvalue weighted by Gasteiger charge is 2.60. The molecule has 4 aliphatic rings. The number of aromatic hydroxyl groups is 1. The summed E-state index contributed by atoms with van der Waals surface area (Å²) in [7, 11) is 0. The maximum Gasteiger partial charge on any atom is 0.127 e. The van der Waals surface area contributed by atoms with Crippen LogP contribution in [0.3, 0.4) is 0 Å². The fraction of sp³-hybridized carbons (Fsp3) is 0.654. The topological polar surface area (TPSA) is 53.4 Å². The van der Waals surface area contributed by atoms with Crippen LogP contribution in [0, 0.1) is 28.6 Å². The summed E-state index contributed by atoms with van der Waals surface area (Å²) in [4.78, 5) is 6.51. The maximum atomic E-state index is 10.7. The number of para-hydroxylation sites is 1. The van der Waals surface area contributed by atoms with E-state index in [1.54, 1.807) is 6.07 Å². The average Bonchev–Trinajstić information content (AvgIpc) is 3.29. The lowest BCUT2D eigenvalue weighted by Gasteiger charge is -2.59. The van der Waals surface area contributed by atoms with Crippen molar-refractivity contribution in [1.82, 2.24) is 4.98 Å². The Labute approximate surface area is 183 Å². The molecule has 7 atom stereocenters. The smallest absolute Gasteiger partial charge is 0.127 e. The van der Waals surface area contributed by atoms with Crippen LogP contribution in [-0.2, 0) is 6.42 Å². The summed E-state index contributed by atoms with van der Waals surface area (Å²) >= 11 is 1.83. The SMILES string of the molecule is C[C@]12CCc3nc(-c4ccccc4O)sc3[C@@H]1CC[C@@H]1[C@@H]2CC[C@]2(C)[C@@H](O)CC[C@@H]12. The summed E-state index contributed by atoms with van der Waals surface area (Å²) in [6, 6.07) is 7.62. The zero-order chi connectivity index (χ0) is 20.7. The van der Waals surface area contributed by atoms with Gasteiger partial charge in [-0.3, -0.25) is 0 Å². The molecule has 0 saturated heterocycles. The number of nitrogens with zero attached hydrogens (tertiary/aromatic N) is 1. The summed E-state index contributed by atoms with van der Waals surface area (Å²) < 4.78 is 0. The monoisotopic (exact) mass is 423 g/mol. The van der Waals surface area contributed by atoms with Crippen LogP contribution in [-0.4, -0.2) is 21.3 Å². The highest BCUT2D eigenvalue weighted by Crippen LogP contribution is 2.68. The van der Waals surface area contributed by atoms with Crippen LogP contribution in [0.5, 0.6) is 5.75 Å². The van der Waals surface area contributed by atoms with Crippen molar-refractivity contribution < 1.29 is 10.2 Å². The number of aliphatic hydroxyl groups excluding tert-OH is 1. The van der Waals surface area contributed by atoms with Crippen LogP contribution in [0.1, 0.15) is 75.3 Å². The molecule has 1 heterocycles. The van der Waals surface area contributed by atoms with Crippen molar-refractivity contribution in [1.29, 1.82) is 0 Å². The molecular formula is C26H33NO2S. The lowest BCUT2D eigenvalue weighted by molar-refractivity contribution is -0.0985. The number of aliphatic hydroxyl groups is 1. The number of fused-ring (bicyclic) bond motifs is 7. The van der Waals surface area contributed by atoms with Gasteiger partial charge in [0.15, 0.2) is 0 Å². The van der Waals surface area contributed by atoms with Crippen LogP contribution in [0.25, 0.3) is 10.6 Å². The lowest BCUT2D eigenvalue weighted by Crippen LogP contribution is -2.52. The molecule has 0 aliphatic heterocycles. The van der Waals surface area contributed by atoms with E-state index in [0.29, 0.717) is 23.0 Å². The van der Waals surface area contributed by atoms with Gasteiger partial charge < -0.3 is 10.2 Å². The van der Waals surface area contributed by atoms with Gasteiger partial charge in [-0.2, -0.15) is 0 Å². The first kappa shape index (κ1) is 19.3. The molecule has 0 spiro atoms. The van der Waals surface area contributed by atoms with E-state index in [0.717, 1.165) is 35.2 Å². The molecular weight excluding hydrogens is 390 g/mol. The Hall–Kier alpha value is -1.39. The molecule has 0 radical (unpaired) electrons. The minimum atomic E-state index is -0.0884. The van der Waals surface area contributed by atoms with E-state index in [9.17, 15) is 10.2 Å². The van der Waals surface area contributed by atoms with Gasteiger partial charge in [0.1, 0.15) is 10.8 Å². The molecule has 4 aliphatic carbocycles. The van der Waals surface area contributed by atoms with Gasteiger partial charge in [-0.15, -0.1) is 11.3 Å². The van der Waals surface area contributed by atoms with Crippen molar-refractivity contribution in [2.45, 2.75) is 77.2 Å². The van der Waals surface area contributed by atoms with E-state index in [-0.39, 0.29) is 11.5 Å². The quantitative estimate of drug-likeness (QED) is 0.578. The number of hydrogen-bond acceptors (Lipinski definition) is 4. The van der Waals surface area contributed by atoms with Crippen molar-refractivity contribution in [3.05, 3.63) is 34.8 Å². The summed E-state index contributed by atoms with van der Waals surface area (Å²) in [5.41, 5.74) is 2.68. The highest BCUT2D eigenvalue weighted by atomic mass is 32.1. The van der Waals surface area contributed by atoms with Crippen LogP contribution in [0.4, 0.5) is 0 Å². The van der Waals surface area contributed by atoms with Crippen LogP contribution < -0.4 is 0 Å².